The van der Waals surface area contributed by atoms with Crippen LogP contribution in [0.4, 0.5) is 0 Å². The lowest BCUT2D eigenvalue weighted by atomic mass is 10.1. The number of morpholine rings is 1. The molecule has 130 valence electrons. The number of halogens is 1. The summed E-state index contributed by atoms with van der Waals surface area (Å²) in [7, 11) is 0. The van der Waals surface area contributed by atoms with Gasteiger partial charge in [-0.1, -0.05) is 23.7 Å². The molecule has 0 amide bonds. The molecule has 0 radical (unpaired) electrons. The predicted octanol–water partition coefficient (Wildman–Crippen LogP) is 2.88. The van der Waals surface area contributed by atoms with Gasteiger partial charge in [0.25, 0.3) is 0 Å². The number of hydrogen-bond donors (Lipinski definition) is 1. The zero-order valence-electron chi connectivity index (χ0n) is 13.4. The Morgan fingerprint density at radius 1 is 1.29 bits per heavy atom. The molecular weight excluding hydrogens is 330 g/mol. The van der Waals surface area contributed by atoms with E-state index in [0.29, 0.717) is 19.8 Å². The van der Waals surface area contributed by atoms with Crippen molar-refractivity contribution in [1.29, 1.82) is 0 Å². The molecule has 0 bridgehead atoms. The second-order valence-corrected chi connectivity index (χ2v) is 6.36. The number of β-amino-alcohol motifs (C(OH)–C–C–N with tert-alkyl or cyclic N) is 1. The number of rotatable bonds is 7. The average molecular weight is 352 g/mol. The van der Waals surface area contributed by atoms with E-state index in [-0.39, 0.29) is 12.7 Å². The minimum Gasteiger partial charge on any atom is -0.467 e. The summed E-state index contributed by atoms with van der Waals surface area (Å²) in [5.41, 5.74) is 1.10. The lowest BCUT2D eigenvalue weighted by molar-refractivity contribution is -0.0544. The quantitative estimate of drug-likeness (QED) is 0.831. The lowest BCUT2D eigenvalue weighted by Crippen LogP contribution is -2.43. The predicted molar refractivity (Wildman–Crippen MR) is 91.0 cm³/mol. The summed E-state index contributed by atoms with van der Waals surface area (Å²) < 4.78 is 16.5. The Bertz CT molecular complexity index is 602. The minimum atomic E-state index is -0.538. The number of furan rings is 1. The summed E-state index contributed by atoms with van der Waals surface area (Å²) in [6.07, 6.45) is 1.08. The van der Waals surface area contributed by atoms with Crippen LogP contribution in [0.1, 0.15) is 17.4 Å². The largest absolute Gasteiger partial charge is 0.467 e. The Labute approximate surface area is 146 Å². The summed E-state index contributed by atoms with van der Waals surface area (Å²) in [6.45, 7) is 3.42. The van der Waals surface area contributed by atoms with Crippen LogP contribution in [0.5, 0.6) is 0 Å². The Kier molecular flexibility index (Phi) is 6.29. The standard InChI is InChI=1S/C18H22ClNO4/c19-15-5-3-14(4-6-15)18-11-20(7-9-24-18)10-16(21)12-22-13-17-2-1-8-23-17/h1-6,8,16,18,21H,7,9-13H2. The summed E-state index contributed by atoms with van der Waals surface area (Å²) in [6, 6.07) is 11.4. The van der Waals surface area contributed by atoms with Crippen LogP contribution in [-0.4, -0.2) is 49.0 Å². The fourth-order valence-corrected chi connectivity index (χ4v) is 2.91. The Morgan fingerprint density at radius 2 is 2.12 bits per heavy atom. The van der Waals surface area contributed by atoms with E-state index < -0.39 is 6.10 Å². The van der Waals surface area contributed by atoms with Gasteiger partial charge in [0.2, 0.25) is 0 Å². The Hall–Kier alpha value is -1.37. The fraction of sp³-hybridized carbons (Fsp3) is 0.444. The maximum Gasteiger partial charge on any atom is 0.129 e. The van der Waals surface area contributed by atoms with E-state index in [1.54, 1.807) is 6.26 Å². The number of ether oxygens (including phenoxy) is 2. The van der Waals surface area contributed by atoms with E-state index in [0.717, 1.165) is 29.4 Å². The highest BCUT2D eigenvalue weighted by Gasteiger charge is 2.23. The number of aliphatic hydroxyl groups is 1. The number of nitrogens with zero attached hydrogens (tertiary/aromatic N) is 1. The van der Waals surface area contributed by atoms with E-state index in [1.807, 2.05) is 36.4 Å². The van der Waals surface area contributed by atoms with E-state index in [9.17, 15) is 5.11 Å². The Balaban J connectivity index is 1.43. The van der Waals surface area contributed by atoms with Crippen molar-refractivity contribution >= 4 is 11.6 Å². The molecule has 0 saturated carbocycles. The van der Waals surface area contributed by atoms with Gasteiger partial charge in [0.05, 0.1) is 31.7 Å². The van der Waals surface area contributed by atoms with Crippen molar-refractivity contribution < 1.29 is 19.0 Å². The molecule has 2 aromatic rings. The molecule has 1 aliphatic heterocycles. The normalized spacial score (nSPS) is 20.2. The molecule has 2 unspecified atom stereocenters. The fourth-order valence-electron chi connectivity index (χ4n) is 2.79. The second-order valence-electron chi connectivity index (χ2n) is 5.92. The van der Waals surface area contributed by atoms with Gasteiger partial charge in [-0.2, -0.15) is 0 Å². The molecule has 0 spiro atoms. The first-order valence-corrected chi connectivity index (χ1v) is 8.46. The van der Waals surface area contributed by atoms with Gasteiger partial charge >= 0.3 is 0 Å². The van der Waals surface area contributed by atoms with Crippen molar-refractivity contribution in [2.45, 2.75) is 18.8 Å². The molecule has 2 atom stereocenters. The first kappa shape index (κ1) is 17.5. The minimum absolute atomic E-state index is 0.00672. The monoisotopic (exact) mass is 351 g/mol. The maximum atomic E-state index is 10.2. The highest BCUT2D eigenvalue weighted by atomic mass is 35.5. The van der Waals surface area contributed by atoms with Gasteiger partial charge in [-0.15, -0.1) is 0 Å². The van der Waals surface area contributed by atoms with Crippen LogP contribution >= 0.6 is 11.6 Å². The highest BCUT2D eigenvalue weighted by Crippen LogP contribution is 2.23. The van der Waals surface area contributed by atoms with Gasteiger partial charge in [0.15, 0.2) is 0 Å². The molecule has 3 rings (SSSR count). The van der Waals surface area contributed by atoms with Gasteiger partial charge in [-0.25, -0.2) is 0 Å². The van der Waals surface area contributed by atoms with Crippen molar-refractivity contribution in [1.82, 2.24) is 4.90 Å². The van der Waals surface area contributed by atoms with Gasteiger partial charge in [-0.3, -0.25) is 4.90 Å². The van der Waals surface area contributed by atoms with Gasteiger partial charge < -0.3 is 19.0 Å². The van der Waals surface area contributed by atoms with E-state index in [2.05, 4.69) is 4.90 Å². The van der Waals surface area contributed by atoms with Crippen molar-refractivity contribution in [3.63, 3.8) is 0 Å². The maximum absolute atomic E-state index is 10.2. The molecular formula is C18H22ClNO4. The SMILES string of the molecule is OC(COCc1ccco1)CN1CCOC(c2ccc(Cl)cc2)C1. The molecule has 24 heavy (non-hydrogen) atoms. The van der Waals surface area contributed by atoms with Crippen molar-refractivity contribution in [2.75, 3.05) is 32.8 Å². The van der Waals surface area contributed by atoms with Crippen LogP contribution < -0.4 is 0 Å². The smallest absolute Gasteiger partial charge is 0.129 e. The van der Waals surface area contributed by atoms with Crippen LogP contribution in [0.3, 0.4) is 0 Å². The third-order valence-corrected chi connectivity index (χ3v) is 4.25. The van der Waals surface area contributed by atoms with E-state index in [4.69, 9.17) is 25.5 Å². The number of benzene rings is 1. The molecule has 1 fully saturated rings. The summed E-state index contributed by atoms with van der Waals surface area (Å²) >= 11 is 5.93. The summed E-state index contributed by atoms with van der Waals surface area (Å²) in [5, 5.41) is 10.9. The van der Waals surface area contributed by atoms with Crippen molar-refractivity contribution in [2.24, 2.45) is 0 Å². The third kappa shape index (κ3) is 5.06. The molecule has 1 saturated heterocycles. The first-order valence-electron chi connectivity index (χ1n) is 8.08. The molecule has 0 aliphatic carbocycles. The molecule has 2 heterocycles. The van der Waals surface area contributed by atoms with Crippen molar-refractivity contribution in [3.05, 3.63) is 59.0 Å². The second kappa shape index (κ2) is 8.65. The van der Waals surface area contributed by atoms with Gasteiger partial charge in [0.1, 0.15) is 12.4 Å². The lowest BCUT2D eigenvalue weighted by Gasteiger charge is -2.34. The van der Waals surface area contributed by atoms with Crippen molar-refractivity contribution in [3.8, 4) is 0 Å². The van der Waals surface area contributed by atoms with Gasteiger partial charge in [-0.05, 0) is 29.8 Å². The van der Waals surface area contributed by atoms with Crippen LogP contribution in [0.2, 0.25) is 5.02 Å². The average Bonchev–Trinajstić information content (AvgIpc) is 3.09. The van der Waals surface area contributed by atoms with Crippen LogP contribution in [0.25, 0.3) is 0 Å². The third-order valence-electron chi connectivity index (χ3n) is 4.00. The molecule has 1 aliphatic rings. The van der Waals surface area contributed by atoms with Crippen LogP contribution in [0, 0.1) is 0 Å². The van der Waals surface area contributed by atoms with Crippen LogP contribution in [-0.2, 0) is 16.1 Å². The summed E-state index contributed by atoms with van der Waals surface area (Å²) in [4.78, 5) is 2.20. The molecule has 1 aromatic carbocycles. The van der Waals surface area contributed by atoms with Crippen LogP contribution in [0.15, 0.2) is 47.1 Å². The summed E-state index contributed by atoms with van der Waals surface area (Å²) in [5.74, 6) is 0.761. The topological polar surface area (TPSA) is 55.1 Å². The zero-order valence-corrected chi connectivity index (χ0v) is 14.2. The van der Waals surface area contributed by atoms with E-state index in [1.165, 1.54) is 0 Å². The Morgan fingerprint density at radius 3 is 2.88 bits per heavy atom. The number of hydrogen-bond acceptors (Lipinski definition) is 5. The van der Waals surface area contributed by atoms with Gasteiger partial charge in [0, 0.05) is 24.7 Å². The zero-order chi connectivity index (χ0) is 16.8. The van der Waals surface area contributed by atoms with E-state index >= 15 is 0 Å². The molecule has 1 aromatic heterocycles. The molecule has 1 N–H and O–H groups in total. The number of aliphatic hydroxyl groups excluding tert-OH is 1. The first-order chi connectivity index (χ1) is 11.7. The molecule has 5 nitrogen and oxygen atoms in total. The highest BCUT2D eigenvalue weighted by molar-refractivity contribution is 6.30. The molecule has 6 heteroatoms.